The van der Waals surface area contributed by atoms with Crippen LogP contribution in [0, 0.1) is 0 Å². The Balaban J connectivity index is 1.54. The van der Waals surface area contributed by atoms with E-state index in [1.165, 1.54) is 10.8 Å². The van der Waals surface area contributed by atoms with Gasteiger partial charge < -0.3 is 14.6 Å². The van der Waals surface area contributed by atoms with Crippen LogP contribution in [-0.4, -0.2) is 69.1 Å². The smallest absolute Gasteiger partial charge is 0.425 e. The van der Waals surface area contributed by atoms with E-state index < -0.39 is 6.10 Å². The van der Waals surface area contributed by atoms with E-state index in [1.54, 1.807) is 17.9 Å². The number of morpholine rings is 1. The molecule has 1 saturated heterocycles. The molecule has 1 aliphatic heterocycles. The Labute approximate surface area is 183 Å². The van der Waals surface area contributed by atoms with Gasteiger partial charge in [0.1, 0.15) is 5.75 Å². The first-order valence-corrected chi connectivity index (χ1v) is 10.5. The number of nitrogens with zero attached hydrogens (tertiary/aromatic N) is 5. The molecule has 0 bridgehead atoms. The van der Waals surface area contributed by atoms with Crippen LogP contribution in [0.2, 0.25) is 0 Å². The molecular formula is C22H25N6O4+. The molecule has 32 heavy (non-hydrogen) atoms. The first-order chi connectivity index (χ1) is 15.6. The number of aliphatic hydroxyl groups is 1. The number of aliphatic hydroxyl groups excluding tert-OH is 1. The van der Waals surface area contributed by atoms with Gasteiger partial charge in [-0.3, -0.25) is 9.47 Å². The molecule has 4 aromatic rings. The molecule has 0 saturated carbocycles. The molecule has 1 fully saturated rings. The summed E-state index contributed by atoms with van der Waals surface area (Å²) in [6, 6.07) is 9.42. The molecule has 0 amide bonds. The second-order valence-electron chi connectivity index (χ2n) is 7.83. The zero-order valence-corrected chi connectivity index (χ0v) is 17.8. The second kappa shape index (κ2) is 8.65. The average molecular weight is 437 g/mol. The third-order valence-electron chi connectivity index (χ3n) is 5.82. The van der Waals surface area contributed by atoms with Gasteiger partial charge >= 0.3 is 5.69 Å². The highest BCUT2D eigenvalue weighted by Gasteiger charge is 2.22. The van der Waals surface area contributed by atoms with E-state index >= 15 is 0 Å². The van der Waals surface area contributed by atoms with Crippen molar-refractivity contribution in [1.29, 1.82) is 0 Å². The fraction of sp³-hybridized carbons (Fsp3) is 0.364. The molecule has 1 unspecified atom stereocenters. The summed E-state index contributed by atoms with van der Waals surface area (Å²) in [5.41, 5.74) is 2.40. The molecule has 0 spiro atoms. The van der Waals surface area contributed by atoms with Gasteiger partial charge in [-0.05, 0) is 28.3 Å². The number of H-pyrrole nitrogens is 1. The molecule has 1 atom stereocenters. The maximum absolute atomic E-state index is 13.1. The Kier molecular flexibility index (Phi) is 5.56. The highest BCUT2D eigenvalue weighted by molar-refractivity contribution is 5.87. The van der Waals surface area contributed by atoms with Crippen molar-refractivity contribution in [1.82, 2.24) is 24.1 Å². The quantitative estimate of drug-likeness (QED) is 0.462. The van der Waals surface area contributed by atoms with Crippen molar-refractivity contribution in [2.75, 3.05) is 40.0 Å². The molecule has 0 aliphatic carbocycles. The van der Waals surface area contributed by atoms with E-state index in [-0.39, 0.29) is 5.69 Å². The van der Waals surface area contributed by atoms with Gasteiger partial charge in [0, 0.05) is 36.5 Å². The van der Waals surface area contributed by atoms with E-state index in [0.717, 1.165) is 24.4 Å². The van der Waals surface area contributed by atoms with Crippen LogP contribution in [0.3, 0.4) is 0 Å². The molecule has 0 radical (unpaired) electrons. The van der Waals surface area contributed by atoms with Crippen LogP contribution in [0.25, 0.3) is 16.7 Å². The number of methoxy groups -OCH3 is 1. The Morgan fingerprint density at radius 1 is 1.25 bits per heavy atom. The van der Waals surface area contributed by atoms with E-state index in [1.807, 2.05) is 30.3 Å². The number of hydrogen-bond acceptors (Lipinski definition) is 7. The van der Waals surface area contributed by atoms with Gasteiger partial charge in [0.2, 0.25) is 0 Å². The number of pyridine rings is 1. The number of fused-ring (bicyclic) bond motifs is 3. The number of ether oxygens (including phenoxy) is 2. The molecule has 4 heterocycles. The Morgan fingerprint density at radius 3 is 2.78 bits per heavy atom. The molecule has 10 nitrogen and oxygen atoms in total. The van der Waals surface area contributed by atoms with Gasteiger partial charge in [0.05, 0.1) is 38.4 Å². The Hall–Kier alpha value is -3.34. The lowest BCUT2D eigenvalue weighted by Crippen LogP contribution is -2.38. The van der Waals surface area contributed by atoms with Crippen LogP contribution in [0.15, 0.2) is 47.7 Å². The SMILES string of the molecule is COc1ccc(Cn2c(=O)n3nc[nH+]c3c3cc(C(O)CN4CCOCC4)cnc32)cc1. The lowest BCUT2D eigenvalue weighted by atomic mass is 10.1. The minimum atomic E-state index is -0.699. The van der Waals surface area contributed by atoms with E-state index in [4.69, 9.17) is 9.47 Å². The van der Waals surface area contributed by atoms with Gasteiger partial charge in [-0.2, -0.15) is 0 Å². The summed E-state index contributed by atoms with van der Waals surface area (Å²) in [5, 5.41) is 15.7. The normalized spacial score (nSPS) is 15.9. The van der Waals surface area contributed by atoms with Crippen LogP contribution in [0.5, 0.6) is 5.75 Å². The van der Waals surface area contributed by atoms with Crippen molar-refractivity contribution in [3.63, 3.8) is 0 Å². The average Bonchev–Trinajstić information content (AvgIpc) is 3.33. The van der Waals surface area contributed by atoms with Gasteiger partial charge in [0.25, 0.3) is 12.0 Å². The molecule has 3 aromatic heterocycles. The van der Waals surface area contributed by atoms with Crippen molar-refractivity contribution in [3.8, 4) is 5.75 Å². The summed E-state index contributed by atoms with van der Waals surface area (Å²) in [5.74, 6) is 0.750. The molecule has 1 aromatic carbocycles. The summed E-state index contributed by atoms with van der Waals surface area (Å²) in [6.45, 7) is 3.76. The van der Waals surface area contributed by atoms with Gasteiger partial charge in [0.15, 0.2) is 5.65 Å². The first-order valence-electron chi connectivity index (χ1n) is 10.5. The largest absolute Gasteiger partial charge is 0.497 e. The minimum absolute atomic E-state index is 0.293. The van der Waals surface area contributed by atoms with Crippen LogP contribution in [-0.2, 0) is 11.3 Å². The zero-order chi connectivity index (χ0) is 22.1. The molecule has 10 heteroatoms. The van der Waals surface area contributed by atoms with Crippen LogP contribution >= 0.6 is 0 Å². The molecular weight excluding hydrogens is 412 g/mol. The third kappa shape index (κ3) is 3.83. The number of hydrogen-bond donors (Lipinski definition) is 1. The number of aromatic nitrogens is 5. The Bertz CT molecular complexity index is 1290. The van der Waals surface area contributed by atoms with Gasteiger partial charge in [-0.1, -0.05) is 12.1 Å². The fourth-order valence-electron chi connectivity index (χ4n) is 4.04. The van der Waals surface area contributed by atoms with E-state index in [9.17, 15) is 9.90 Å². The maximum atomic E-state index is 13.1. The number of benzene rings is 1. The summed E-state index contributed by atoms with van der Waals surface area (Å²) in [4.78, 5) is 22.9. The monoisotopic (exact) mass is 437 g/mol. The number of nitrogens with one attached hydrogen (secondary N) is 1. The summed E-state index contributed by atoms with van der Waals surface area (Å²) in [7, 11) is 1.62. The summed E-state index contributed by atoms with van der Waals surface area (Å²) >= 11 is 0. The Morgan fingerprint density at radius 2 is 2.03 bits per heavy atom. The zero-order valence-electron chi connectivity index (χ0n) is 17.8. The van der Waals surface area contributed by atoms with E-state index in [2.05, 4.69) is 20.0 Å². The van der Waals surface area contributed by atoms with Crippen molar-refractivity contribution >= 4 is 16.7 Å². The fourth-order valence-corrected chi connectivity index (χ4v) is 4.04. The minimum Gasteiger partial charge on any atom is -0.497 e. The van der Waals surface area contributed by atoms with Crippen molar-refractivity contribution in [3.05, 3.63) is 64.5 Å². The highest BCUT2D eigenvalue weighted by Crippen LogP contribution is 2.21. The first kappa shape index (κ1) is 20.6. The third-order valence-corrected chi connectivity index (χ3v) is 5.82. The van der Waals surface area contributed by atoms with Gasteiger partial charge in [-0.15, -0.1) is 0 Å². The standard InChI is InChI=1S/C22H24N6O4/c1-31-17-4-2-15(3-5-17)12-27-20-18(21-24-14-25-28(21)22(27)30)10-16(11-23-20)19(29)13-26-6-8-32-9-7-26/h2-5,10-11,14,19,29H,6-9,12-13H2,1H3/p+1. The van der Waals surface area contributed by atoms with Gasteiger partial charge in [-0.25, -0.2) is 14.8 Å². The van der Waals surface area contributed by atoms with Crippen molar-refractivity contribution in [2.24, 2.45) is 0 Å². The van der Waals surface area contributed by atoms with E-state index in [0.29, 0.717) is 48.5 Å². The lowest BCUT2D eigenvalue weighted by Gasteiger charge is -2.28. The molecule has 1 aliphatic rings. The van der Waals surface area contributed by atoms with Crippen molar-refractivity contribution in [2.45, 2.75) is 12.6 Å². The summed E-state index contributed by atoms with van der Waals surface area (Å²) in [6.07, 6.45) is 2.42. The van der Waals surface area contributed by atoms with Crippen LogP contribution < -0.4 is 15.4 Å². The summed E-state index contributed by atoms with van der Waals surface area (Å²) < 4.78 is 13.5. The van der Waals surface area contributed by atoms with Crippen molar-refractivity contribution < 1.29 is 19.6 Å². The number of rotatable bonds is 6. The molecule has 2 N–H and O–H groups in total. The molecule has 5 rings (SSSR count). The highest BCUT2D eigenvalue weighted by atomic mass is 16.5. The topological polar surface area (TPSA) is 108 Å². The molecule has 166 valence electrons. The number of aromatic amines is 1. The predicted molar refractivity (Wildman–Crippen MR) is 116 cm³/mol. The van der Waals surface area contributed by atoms with Crippen LogP contribution in [0.1, 0.15) is 17.2 Å². The number of β-amino-alcohol motifs (C(OH)–C–C–N with tert-alkyl or cyclic N) is 1. The van der Waals surface area contributed by atoms with Crippen LogP contribution in [0.4, 0.5) is 0 Å². The second-order valence-corrected chi connectivity index (χ2v) is 7.83. The predicted octanol–water partition coefficient (Wildman–Crippen LogP) is 0.281. The maximum Gasteiger partial charge on any atom is 0.425 e. The lowest BCUT2D eigenvalue weighted by molar-refractivity contribution is -0.345.